The van der Waals surface area contributed by atoms with Crippen molar-refractivity contribution in [2.75, 3.05) is 26.2 Å². The van der Waals surface area contributed by atoms with Crippen molar-refractivity contribution in [1.29, 1.82) is 0 Å². The second-order valence-electron chi connectivity index (χ2n) is 17.7. The average Bonchev–Trinajstić information content (AvgIpc) is 3.47. The van der Waals surface area contributed by atoms with Crippen molar-refractivity contribution in [2.45, 2.75) is 106 Å². The summed E-state index contributed by atoms with van der Waals surface area (Å²) in [7, 11) is -2.30. The van der Waals surface area contributed by atoms with E-state index in [9.17, 15) is 9.18 Å². The molecule has 310 valence electrons. The van der Waals surface area contributed by atoms with Crippen molar-refractivity contribution in [2.24, 2.45) is 0 Å². The van der Waals surface area contributed by atoms with E-state index in [1.165, 1.54) is 24.0 Å². The van der Waals surface area contributed by atoms with E-state index >= 15 is 13.2 Å². The Morgan fingerprint density at radius 3 is 1.98 bits per heavy atom. The van der Waals surface area contributed by atoms with Gasteiger partial charge in [0.2, 0.25) is 0 Å². The lowest BCUT2D eigenvalue weighted by Crippen LogP contribution is -2.57. The minimum atomic E-state index is -2.30. The van der Waals surface area contributed by atoms with Crippen molar-refractivity contribution in [3.63, 3.8) is 0 Å². The monoisotopic (exact) mass is 819 g/mol. The lowest BCUT2D eigenvalue weighted by molar-refractivity contribution is -0.0223. The molecule has 1 fully saturated rings. The third-order valence-corrected chi connectivity index (χ3v) is 14.8. The molecule has 0 aliphatic carbocycles. The van der Waals surface area contributed by atoms with E-state index in [4.69, 9.17) is 13.7 Å². The predicted octanol–water partition coefficient (Wildman–Crippen LogP) is 11.3. The van der Waals surface area contributed by atoms with E-state index < -0.39 is 68.1 Å². The van der Waals surface area contributed by atoms with Crippen LogP contribution in [0.2, 0.25) is 0 Å². The quantitative estimate of drug-likeness (QED) is 0.142. The lowest BCUT2D eigenvalue weighted by atomic mass is 9.87. The molecule has 5 aromatic rings. The predicted molar refractivity (Wildman–Crippen MR) is 221 cm³/mol. The van der Waals surface area contributed by atoms with Crippen LogP contribution in [0.5, 0.6) is 5.75 Å². The molecule has 3 heterocycles. The molecular formula is C46H53F4N3O4S. The van der Waals surface area contributed by atoms with Gasteiger partial charge in [0.15, 0.2) is 0 Å². The molecule has 0 bridgehead atoms. The van der Waals surface area contributed by atoms with E-state index in [-0.39, 0.29) is 37.6 Å². The second-order valence-corrected chi connectivity index (χ2v) is 21.2. The Kier molecular flexibility index (Phi) is 11.2. The van der Waals surface area contributed by atoms with Gasteiger partial charge in [-0.3, -0.25) is 4.90 Å². The van der Waals surface area contributed by atoms with Crippen molar-refractivity contribution >= 4 is 27.3 Å². The van der Waals surface area contributed by atoms with Crippen LogP contribution in [0.3, 0.4) is 0 Å². The first kappa shape index (κ1) is 41.6. The van der Waals surface area contributed by atoms with Crippen molar-refractivity contribution in [3.05, 3.63) is 125 Å². The number of H-pyrrole nitrogens is 1. The maximum absolute atomic E-state index is 17.5. The van der Waals surface area contributed by atoms with Crippen LogP contribution in [0.1, 0.15) is 78.3 Å². The molecule has 3 unspecified atom stereocenters. The van der Waals surface area contributed by atoms with E-state index in [0.29, 0.717) is 23.0 Å². The van der Waals surface area contributed by atoms with Crippen LogP contribution in [0.15, 0.2) is 101 Å². The molecule has 12 heteroatoms. The van der Waals surface area contributed by atoms with E-state index in [1.54, 1.807) is 31.7 Å². The van der Waals surface area contributed by atoms with Crippen molar-refractivity contribution in [1.82, 2.24) is 14.8 Å². The van der Waals surface area contributed by atoms with Crippen LogP contribution in [0.4, 0.5) is 22.4 Å². The smallest absolute Gasteiger partial charge is 0.410 e. The molecule has 0 radical (unpaired) electrons. The first-order chi connectivity index (χ1) is 27.3. The molecule has 7 rings (SSSR count). The summed E-state index contributed by atoms with van der Waals surface area (Å²) < 4.78 is 83.2. The summed E-state index contributed by atoms with van der Waals surface area (Å²) in [4.78, 5) is 20.9. The molecule has 2 aliphatic rings. The standard InChI is InChI=1S/C46H53F4N3O4S/c1-29-21-36-35-22-30(47)19-20-39(35)51-41(36)42(40-37(48)23-31(24-38(40)49)56-32-25-52(26-32)43(54)57-44(2,3)4)53(29)27-46(8,50)28-55-58(45(5,6)7,33-15-11-9-12-16-33)34-17-13-10-14-18-34/h9-20,22-24,29,32,42,51H,21,25-28H2,1-8H3. The Balaban J connectivity index is 1.22. The number of likely N-dealkylation sites (tertiary alicyclic amines) is 1. The fourth-order valence-electron chi connectivity index (χ4n) is 8.17. The lowest BCUT2D eigenvalue weighted by Gasteiger charge is -2.51. The SMILES string of the molecule is CC1Cc2c([nH]c3ccc(F)cc23)C(c2c(F)cc(OC3CN(C(=O)OC(C)(C)C)C3)cc2F)N1CC(C)(F)COS(c1ccccc1)(c1ccccc1)C(C)(C)C. The molecule has 2 aliphatic heterocycles. The minimum absolute atomic E-state index is 0.0333. The summed E-state index contributed by atoms with van der Waals surface area (Å²) in [5, 5.41) is 0.613. The Hall–Kier alpha value is -4.52. The van der Waals surface area contributed by atoms with E-state index in [0.717, 1.165) is 27.5 Å². The fourth-order valence-corrected chi connectivity index (χ4v) is 12.0. The maximum Gasteiger partial charge on any atom is 0.410 e. The number of benzene rings is 4. The Morgan fingerprint density at radius 1 is 0.845 bits per heavy atom. The number of amides is 1. The summed E-state index contributed by atoms with van der Waals surface area (Å²) >= 11 is 0. The number of alkyl halides is 1. The third kappa shape index (κ3) is 8.20. The van der Waals surface area contributed by atoms with Crippen LogP contribution in [0, 0.1) is 17.5 Å². The molecule has 1 aromatic heterocycles. The molecule has 0 saturated carbocycles. The highest BCUT2D eigenvalue weighted by Crippen LogP contribution is 2.71. The Labute approximate surface area is 340 Å². The van der Waals surface area contributed by atoms with Crippen LogP contribution < -0.4 is 4.74 Å². The highest BCUT2D eigenvalue weighted by molar-refractivity contribution is 8.31. The number of nitrogens with zero attached hydrogens (tertiary/aromatic N) is 2. The van der Waals surface area contributed by atoms with Gasteiger partial charge >= 0.3 is 6.09 Å². The van der Waals surface area contributed by atoms with Gasteiger partial charge in [0.05, 0.1) is 25.7 Å². The van der Waals surface area contributed by atoms with Gasteiger partial charge in [-0.1, -0.05) is 46.7 Å². The summed E-state index contributed by atoms with van der Waals surface area (Å²) in [6, 6.07) is 24.9. The number of ether oxygens (including phenoxy) is 2. The second kappa shape index (κ2) is 15.6. The zero-order chi connectivity index (χ0) is 41.8. The molecule has 58 heavy (non-hydrogen) atoms. The topological polar surface area (TPSA) is 67.0 Å². The number of aromatic nitrogens is 1. The third-order valence-electron chi connectivity index (χ3n) is 10.8. The normalized spacial score (nSPS) is 19.3. The van der Waals surface area contributed by atoms with Gasteiger partial charge in [-0.2, -0.15) is 0 Å². The van der Waals surface area contributed by atoms with E-state index in [1.807, 2.05) is 67.6 Å². The summed E-state index contributed by atoms with van der Waals surface area (Å²) in [6.07, 6.45) is -0.589. The Morgan fingerprint density at radius 2 is 1.43 bits per heavy atom. The van der Waals surface area contributed by atoms with Gasteiger partial charge in [-0.15, -0.1) is 0 Å². The minimum Gasteiger partial charge on any atom is -0.487 e. The average molecular weight is 820 g/mol. The molecule has 3 atom stereocenters. The maximum atomic E-state index is 17.5. The van der Waals surface area contributed by atoms with Gasteiger partial charge in [-0.05, 0) is 110 Å². The van der Waals surface area contributed by atoms with Gasteiger partial charge in [0.25, 0.3) is 0 Å². The Bertz CT molecular complexity index is 2200. The number of halogens is 4. The number of hydrogen-bond acceptors (Lipinski definition) is 5. The number of rotatable bonds is 10. The molecule has 0 spiro atoms. The highest BCUT2D eigenvalue weighted by Gasteiger charge is 2.46. The van der Waals surface area contributed by atoms with Crippen molar-refractivity contribution in [3.8, 4) is 5.75 Å². The van der Waals surface area contributed by atoms with Crippen LogP contribution in [0.25, 0.3) is 10.9 Å². The molecule has 7 nitrogen and oxygen atoms in total. The molecule has 1 saturated heterocycles. The summed E-state index contributed by atoms with van der Waals surface area (Å²) in [5.41, 5.74) is -1.14. The number of hydrogen-bond donors (Lipinski definition) is 1. The molecular weight excluding hydrogens is 767 g/mol. The first-order valence-electron chi connectivity index (χ1n) is 19.7. The van der Waals surface area contributed by atoms with Crippen molar-refractivity contribution < 1.29 is 36.0 Å². The van der Waals surface area contributed by atoms with Crippen LogP contribution >= 0.6 is 10.3 Å². The van der Waals surface area contributed by atoms with Gasteiger partial charge in [0, 0.05) is 61.4 Å². The first-order valence-corrected chi connectivity index (χ1v) is 21.3. The number of fused-ring (bicyclic) bond motifs is 3. The van der Waals surface area contributed by atoms with Gasteiger partial charge in [-0.25, -0.2) is 22.4 Å². The zero-order valence-electron chi connectivity index (χ0n) is 34.4. The molecule has 4 aromatic carbocycles. The largest absolute Gasteiger partial charge is 0.487 e. The summed E-state index contributed by atoms with van der Waals surface area (Å²) in [5.74, 6) is -2.22. The van der Waals surface area contributed by atoms with Gasteiger partial charge < -0.3 is 23.5 Å². The fraction of sp³-hybridized carbons (Fsp3) is 0.413. The van der Waals surface area contributed by atoms with Crippen LogP contribution in [-0.2, 0) is 15.3 Å². The van der Waals surface area contributed by atoms with E-state index in [2.05, 4.69) is 25.8 Å². The number of carbonyl (C=O) groups excluding carboxylic acids is 1. The highest BCUT2D eigenvalue weighted by atomic mass is 32.3. The molecule has 1 amide bonds. The van der Waals surface area contributed by atoms with Gasteiger partial charge in [0.1, 0.15) is 40.6 Å². The molecule has 1 N–H and O–H groups in total. The number of aromatic amines is 1. The number of carbonyl (C=O) groups is 1. The summed E-state index contributed by atoms with van der Waals surface area (Å²) in [6.45, 7) is 14.8. The van der Waals surface area contributed by atoms with Crippen LogP contribution in [-0.4, -0.2) is 75.3 Å². The zero-order valence-corrected chi connectivity index (χ0v) is 35.2. The number of nitrogens with one attached hydrogen (secondary N) is 1.